The maximum absolute atomic E-state index is 12.1. The average molecular weight is 321 g/mol. The molecule has 2 nitrogen and oxygen atoms in total. The minimum atomic E-state index is -4.12. The van der Waals surface area contributed by atoms with Gasteiger partial charge in [0.15, 0.2) is 0 Å². The van der Waals surface area contributed by atoms with Crippen LogP contribution in [0.1, 0.15) is 18.4 Å². The van der Waals surface area contributed by atoms with Crippen molar-refractivity contribution in [2.24, 2.45) is 5.92 Å². The van der Waals surface area contributed by atoms with Gasteiger partial charge in [-0.05, 0) is 56.1 Å². The predicted octanol–water partition coefficient (Wildman–Crippen LogP) is 3.70. The van der Waals surface area contributed by atoms with E-state index in [9.17, 15) is 13.2 Å². The molecule has 1 aliphatic heterocycles. The lowest BCUT2D eigenvalue weighted by Crippen LogP contribution is -2.39. The molecule has 21 heavy (non-hydrogen) atoms. The minimum absolute atomic E-state index is 0.341. The summed E-state index contributed by atoms with van der Waals surface area (Å²) < 4.78 is 36.2. The normalized spacial score (nSPS) is 18.1. The van der Waals surface area contributed by atoms with Gasteiger partial charge in [-0.15, -0.1) is 0 Å². The van der Waals surface area contributed by atoms with Crippen LogP contribution in [0, 0.1) is 5.92 Å². The zero-order valence-corrected chi connectivity index (χ0v) is 12.6. The Hall–Kier alpha value is -0.780. The van der Waals surface area contributed by atoms with Crippen LogP contribution in [0.2, 0.25) is 5.02 Å². The number of benzene rings is 1. The maximum atomic E-state index is 12.1. The predicted molar refractivity (Wildman–Crippen MR) is 78.4 cm³/mol. The Balaban J connectivity index is 1.67. The van der Waals surface area contributed by atoms with Gasteiger partial charge in [0.05, 0.1) is 6.54 Å². The summed E-state index contributed by atoms with van der Waals surface area (Å²) in [6.45, 7) is 2.30. The van der Waals surface area contributed by atoms with Gasteiger partial charge >= 0.3 is 6.18 Å². The van der Waals surface area contributed by atoms with Crippen LogP contribution < -0.4 is 5.32 Å². The van der Waals surface area contributed by atoms with E-state index in [-0.39, 0.29) is 0 Å². The van der Waals surface area contributed by atoms with Gasteiger partial charge < -0.3 is 5.32 Å². The molecule has 0 aliphatic carbocycles. The molecule has 1 saturated heterocycles. The lowest BCUT2D eigenvalue weighted by atomic mass is 9.96. The monoisotopic (exact) mass is 320 g/mol. The molecule has 0 unspecified atom stereocenters. The van der Waals surface area contributed by atoms with Crippen LogP contribution in [0.5, 0.6) is 0 Å². The number of piperidine rings is 1. The van der Waals surface area contributed by atoms with Crippen LogP contribution in [0.3, 0.4) is 0 Å². The van der Waals surface area contributed by atoms with Gasteiger partial charge in [0.1, 0.15) is 0 Å². The molecule has 0 amide bonds. The molecular weight excluding hydrogens is 301 g/mol. The average Bonchev–Trinajstić information content (AvgIpc) is 2.42. The summed E-state index contributed by atoms with van der Waals surface area (Å²) in [6.07, 6.45) is -2.23. The largest absolute Gasteiger partial charge is 0.401 e. The van der Waals surface area contributed by atoms with E-state index in [0.29, 0.717) is 12.5 Å². The molecular formula is C15H20ClF3N2. The number of hydrogen-bond donors (Lipinski definition) is 1. The third kappa shape index (κ3) is 6.24. The molecule has 118 valence electrons. The maximum Gasteiger partial charge on any atom is 0.401 e. The molecule has 0 spiro atoms. The van der Waals surface area contributed by atoms with E-state index in [0.717, 1.165) is 37.5 Å². The van der Waals surface area contributed by atoms with Crippen molar-refractivity contribution in [1.82, 2.24) is 10.2 Å². The Morgan fingerprint density at radius 2 is 1.76 bits per heavy atom. The van der Waals surface area contributed by atoms with Gasteiger partial charge in [0, 0.05) is 11.6 Å². The summed E-state index contributed by atoms with van der Waals surface area (Å²) in [7, 11) is 0. The Bertz CT molecular complexity index is 426. The molecule has 1 N–H and O–H groups in total. The summed E-state index contributed by atoms with van der Waals surface area (Å²) in [5.74, 6) is 0.341. The van der Waals surface area contributed by atoms with Crippen molar-refractivity contribution in [3.05, 3.63) is 34.9 Å². The van der Waals surface area contributed by atoms with Crippen LogP contribution in [-0.4, -0.2) is 37.3 Å². The standard InChI is InChI=1S/C15H20ClF3N2/c16-14-3-1-13(2-4-14)10-21-7-5-12(6-8-21)9-20-11-15(17,18)19/h1-4,12,20H,5-11H2. The molecule has 0 atom stereocenters. The summed E-state index contributed by atoms with van der Waals surface area (Å²) >= 11 is 5.85. The molecule has 0 saturated carbocycles. The Morgan fingerprint density at radius 1 is 1.14 bits per heavy atom. The smallest absolute Gasteiger partial charge is 0.308 e. The molecule has 0 aromatic heterocycles. The number of rotatable bonds is 5. The highest BCUT2D eigenvalue weighted by atomic mass is 35.5. The van der Waals surface area contributed by atoms with Crippen molar-refractivity contribution in [1.29, 1.82) is 0 Å². The SMILES string of the molecule is FC(F)(F)CNCC1CCN(Cc2ccc(Cl)cc2)CC1. The van der Waals surface area contributed by atoms with E-state index >= 15 is 0 Å². The third-order valence-electron chi connectivity index (χ3n) is 3.79. The van der Waals surface area contributed by atoms with Crippen LogP contribution in [0.25, 0.3) is 0 Å². The molecule has 1 heterocycles. The molecule has 2 rings (SSSR count). The van der Waals surface area contributed by atoms with E-state index in [1.165, 1.54) is 5.56 Å². The molecule has 0 bridgehead atoms. The molecule has 0 radical (unpaired) electrons. The first-order valence-electron chi connectivity index (χ1n) is 7.16. The van der Waals surface area contributed by atoms with Crippen LogP contribution in [0.4, 0.5) is 13.2 Å². The van der Waals surface area contributed by atoms with Crippen molar-refractivity contribution in [3.63, 3.8) is 0 Å². The van der Waals surface area contributed by atoms with Crippen LogP contribution in [-0.2, 0) is 6.54 Å². The molecule has 1 fully saturated rings. The molecule has 1 aromatic rings. The van der Waals surface area contributed by atoms with E-state index in [4.69, 9.17) is 11.6 Å². The highest BCUT2D eigenvalue weighted by Crippen LogP contribution is 2.20. The van der Waals surface area contributed by atoms with Gasteiger partial charge in [0.25, 0.3) is 0 Å². The second-order valence-corrected chi connectivity index (χ2v) is 6.03. The van der Waals surface area contributed by atoms with Crippen LogP contribution >= 0.6 is 11.6 Å². The Kier molecular flexibility index (Phi) is 5.90. The molecule has 1 aliphatic rings. The van der Waals surface area contributed by atoms with E-state index < -0.39 is 12.7 Å². The van der Waals surface area contributed by atoms with Gasteiger partial charge in [-0.25, -0.2) is 0 Å². The lowest BCUT2D eigenvalue weighted by Gasteiger charge is -2.32. The fourth-order valence-electron chi connectivity index (χ4n) is 2.61. The van der Waals surface area contributed by atoms with Gasteiger partial charge in [-0.1, -0.05) is 23.7 Å². The number of alkyl halides is 3. The molecule has 6 heteroatoms. The topological polar surface area (TPSA) is 15.3 Å². The summed E-state index contributed by atoms with van der Waals surface area (Å²) in [6, 6.07) is 7.79. The first kappa shape index (κ1) is 16.6. The van der Waals surface area contributed by atoms with Crippen molar-refractivity contribution in [2.45, 2.75) is 25.6 Å². The van der Waals surface area contributed by atoms with Gasteiger partial charge in [-0.2, -0.15) is 13.2 Å². The number of hydrogen-bond acceptors (Lipinski definition) is 2. The fraction of sp³-hybridized carbons (Fsp3) is 0.600. The first-order valence-corrected chi connectivity index (χ1v) is 7.54. The number of nitrogens with zero attached hydrogens (tertiary/aromatic N) is 1. The quantitative estimate of drug-likeness (QED) is 0.890. The molecule has 1 aromatic carbocycles. The number of halogens is 4. The Labute approximate surface area is 128 Å². The van der Waals surface area contributed by atoms with Crippen molar-refractivity contribution >= 4 is 11.6 Å². The van der Waals surface area contributed by atoms with Gasteiger partial charge in [-0.3, -0.25) is 4.90 Å². The minimum Gasteiger partial charge on any atom is -0.308 e. The second kappa shape index (κ2) is 7.47. The number of nitrogens with one attached hydrogen (secondary N) is 1. The van der Waals surface area contributed by atoms with E-state index in [2.05, 4.69) is 10.2 Å². The second-order valence-electron chi connectivity index (χ2n) is 5.59. The highest BCUT2D eigenvalue weighted by molar-refractivity contribution is 6.30. The summed E-state index contributed by atoms with van der Waals surface area (Å²) in [5.41, 5.74) is 1.22. The van der Waals surface area contributed by atoms with Crippen molar-refractivity contribution in [2.75, 3.05) is 26.2 Å². The fourth-order valence-corrected chi connectivity index (χ4v) is 2.74. The van der Waals surface area contributed by atoms with Gasteiger partial charge in [0.2, 0.25) is 0 Å². The third-order valence-corrected chi connectivity index (χ3v) is 4.04. The first-order chi connectivity index (χ1) is 9.92. The van der Waals surface area contributed by atoms with Crippen molar-refractivity contribution in [3.8, 4) is 0 Å². The summed E-state index contributed by atoms with van der Waals surface area (Å²) in [4.78, 5) is 2.34. The highest BCUT2D eigenvalue weighted by Gasteiger charge is 2.27. The lowest BCUT2D eigenvalue weighted by molar-refractivity contribution is -0.125. The van der Waals surface area contributed by atoms with E-state index in [1.54, 1.807) is 0 Å². The Morgan fingerprint density at radius 3 is 2.33 bits per heavy atom. The van der Waals surface area contributed by atoms with E-state index in [1.807, 2.05) is 24.3 Å². The van der Waals surface area contributed by atoms with Crippen molar-refractivity contribution < 1.29 is 13.2 Å². The summed E-state index contributed by atoms with van der Waals surface area (Å²) in [5, 5.41) is 3.24. The zero-order chi connectivity index (χ0) is 15.3. The zero-order valence-electron chi connectivity index (χ0n) is 11.8. The van der Waals surface area contributed by atoms with Crippen LogP contribution in [0.15, 0.2) is 24.3 Å². The number of likely N-dealkylation sites (tertiary alicyclic amines) is 1.